The smallest absolute Gasteiger partial charge is 0.0566 e. The lowest BCUT2D eigenvalue weighted by Gasteiger charge is -2.07. The van der Waals surface area contributed by atoms with Crippen molar-refractivity contribution >= 4 is 0 Å². The third-order valence-corrected chi connectivity index (χ3v) is 5.54. The zero-order chi connectivity index (χ0) is 28.5. The van der Waals surface area contributed by atoms with Gasteiger partial charge < -0.3 is 23.7 Å². The van der Waals surface area contributed by atoms with Crippen LogP contribution >= 0.6 is 0 Å². The highest BCUT2D eigenvalue weighted by molar-refractivity contribution is 4.47. The van der Waals surface area contributed by atoms with Gasteiger partial charge in [-0.05, 0) is 50.4 Å². The van der Waals surface area contributed by atoms with Crippen molar-refractivity contribution in [2.24, 2.45) is 17.8 Å². The standard InChI is InChI=1S/5C6H14O.10CH4/c1-6(2)4-5-7-3;2*1-4-6(2)5-7-3;1-4-5-6(2)7-3;1-4-6(5-2)7-3;;;;;;;;;;/h5*6H,4-5H2,1-3H3;10*1H4. The van der Waals surface area contributed by atoms with E-state index < -0.39 is 0 Å². The third kappa shape index (κ3) is 124. The summed E-state index contributed by atoms with van der Waals surface area (Å²) in [7, 11) is 8.73. The lowest BCUT2D eigenvalue weighted by molar-refractivity contribution is 0.0964. The Bertz CT molecular complexity index is 277. The molecule has 3 unspecified atom stereocenters. The van der Waals surface area contributed by atoms with Gasteiger partial charge in [-0.1, -0.05) is 156 Å². The molecule has 0 rings (SSSR count). The van der Waals surface area contributed by atoms with Gasteiger partial charge in [0.15, 0.2) is 0 Å². The van der Waals surface area contributed by atoms with Gasteiger partial charge >= 0.3 is 0 Å². The molecule has 0 aliphatic rings. The van der Waals surface area contributed by atoms with E-state index in [1.807, 2.05) is 0 Å². The molecule has 0 aliphatic heterocycles. The van der Waals surface area contributed by atoms with Crippen LogP contribution in [0.4, 0.5) is 0 Å². The molecule has 0 amide bonds. The van der Waals surface area contributed by atoms with Gasteiger partial charge in [-0.25, -0.2) is 0 Å². The Morgan fingerprint density at radius 1 is 0.422 bits per heavy atom. The molecule has 0 radical (unpaired) electrons. The van der Waals surface area contributed by atoms with Crippen LogP contribution in [0.15, 0.2) is 0 Å². The Balaban J connectivity index is -0.0000000182. The van der Waals surface area contributed by atoms with E-state index in [-0.39, 0.29) is 74.3 Å². The fourth-order valence-electron chi connectivity index (χ4n) is 2.30. The molecule has 300 valence electrons. The molecule has 45 heavy (non-hydrogen) atoms. The van der Waals surface area contributed by atoms with Crippen LogP contribution in [0.5, 0.6) is 0 Å². The second kappa shape index (κ2) is 90.4. The van der Waals surface area contributed by atoms with Crippen molar-refractivity contribution in [1.29, 1.82) is 0 Å². The van der Waals surface area contributed by atoms with E-state index in [0.717, 1.165) is 50.4 Å². The van der Waals surface area contributed by atoms with Gasteiger partial charge in [0.2, 0.25) is 0 Å². The zero-order valence-corrected chi connectivity index (χ0v) is 27.0. The van der Waals surface area contributed by atoms with Crippen molar-refractivity contribution in [3.63, 3.8) is 0 Å². The maximum Gasteiger partial charge on any atom is 0.0566 e. The summed E-state index contributed by atoms with van der Waals surface area (Å²) in [4.78, 5) is 0. The van der Waals surface area contributed by atoms with Crippen molar-refractivity contribution in [3.05, 3.63) is 0 Å². The van der Waals surface area contributed by atoms with Gasteiger partial charge in [0.25, 0.3) is 0 Å². The quantitative estimate of drug-likeness (QED) is 0.173. The summed E-state index contributed by atoms with van der Waals surface area (Å²) in [6.45, 7) is 24.3. The fraction of sp³-hybridized carbons (Fsp3) is 1.00. The maximum atomic E-state index is 5.05. The number of ether oxygens (including phenoxy) is 5. The van der Waals surface area contributed by atoms with Crippen LogP contribution in [0.3, 0.4) is 0 Å². The highest BCUT2D eigenvalue weighted by Crippen LogP contribution is 2.00. The van der Waals surface area contributed by atoms with Gasteiger partial charge in [0.1, 0.15) is 0 Å². The van der Waals surface area contributed by atoms with Crippen LogP contribution in [0, 0.1) is 17.8 Å². The van der Waals surface area contributed by atoms with E-state index in [2.05, 4.69) is 69.2 Å². The lowest BCUT2D eigenvalue weighted by atomic mass is 10.1. The normalized spacial score (nSPS) is 9.80. The van der Waals surface area contributed by atoms with Gasteiger partial charge in [0, 0.05) is 55.4 Å². The van der Waals surface area contributed by atoms with Crippen LogP contribution in [0.2, 0.25) is 0 Å². The molecule has 0 fully saturated rings. The third-order valence-electron chi connectivity index (χ3n) is 5.54. The highest BCUT2D eigenvalue weighted by atomic mass is 16.5. The first-order chi connectivity index (χ1) is 16.5. The van der Waals surface area contributed by atoms with Gasteiger partial charge in [-0.3, -0.25) is 0 Å². The van der Waals surface area contributed by atoms with E-state index >= 15 is 0 Å². The molecule has 3 atom stereocenters. The number of hydrogen-bond acceptors (Lipinski definition) is 5. The molecule has 0 aromatic rings. The highest BCUT2D eigenvalue weighted by Gasteiger charge is 1.96. The molecule has 0 saturated heterocycles. The Morgan fingerprint density at radius 3 is 0.822 bits per heavy atom. The molecule has 0 spiro atoms. The minimum absolute atomic E-state index is 0. The van der Waals surface area contributed by atoms with E-state index in [9.17, 15) is 0 Å². The average Bonchev–Trinajstić information content (AvgIpc) is 2.85. The molecule has 0 aromatic heterocycles. The summed E-state index contributed by atoms with van der Waals surface area (Å²) in [5, 5.41) is 0. The summed E-state index contributed by atoms with van der Waals surface area (Å²) >= 11 is 0. The van der Waals surface area contributed by atoms with E-state index in [1.54, 1.807) is 35.5 Å². The van der Waals surface area contributed by atoms with E-state index in [4.69, 9.17) is 23.7 Å². The Kier molecular flexibility index (Phi) is 194. The second-order valence-corrected chi connectivity index (χ2v) is 9.62. The molecular formula is C40H110O5. The molecule has 0 bridgehead atoms. The number of hydrogen-bond donors (Lipinski definition) is 0. The number of methoxy groups -OCH3 is 5. The summed E-state index contributed by atoms with van der Waals surface area (Å²) in [6, 6.07) is 0. The molecular weight excluding hydrogens is 560 g/mol. The summed E-state index contributed by atoms with van der Waals surface area (Å²) < 4.78 is 24.7. The topological polar surface area (TPSA) is 46.2 Å². The monoisotopic (exact) mass is 671 g/mol. The molecule has 0 N–H and O–H groups in total. The maximum absolute atomic E-state index is 5.05. The van der Waals surface area contributed by atoms with Crippen LogP contribution in [-0.2, 0) is 23.7 Å². The zero-order valence-electron chi connectivity index (χ0n) is 27.0. The number of rotatable bonds is 15. The fourth-order valence-corrected chi connectivity index (χ4v) is 2.30. The van der Waals surface area contributed by atoms with E-state index in [1.165, 1.54) is 32.1 Å². The first-order valence-electron chi connectivity index (χ1n) is 14.1. The van der Waals surface area contributed by atoms with Crippen LogP contribution in [0.1, 0.15) is 188 Å². The molecule has 0 aliphatic carbocycles. The summed E-state index contributed by atoms with van der Waals surface area (Å²) in [5.41, 5.74) is 0. The van der Waals surface area contributed by atoms with Crippen LogP contribution in [-0.4, -0.2) is 67.6 Å². The van der Waals surface area contributed by atoms with Crippen molar-refractivity contribution < 1.29 is 23.7 Å². The van der Waals surface area contributed by atoms with Gasteiger partial charge in [-0.15, -0.1) is 0 Å². The lowest BCUT2D eigenvalue weighted by Crippen LogP contribution is -2.05. The average molecular weight is 671 g/mol. The van der Waals surface area contributed by atoms with Gasteiger partial charge in [-0.2, -0.15) is 0 Å². The van der Waals surface area contributed by atoms with Gasteiger partial charge in [0.05, 0.1) is 12.2 Å². The predicted molar refractivity (Wildman–Crippen MR) is 224 cm³/mol. The van der Waals surface area contributed by atoms with E-state index in [0.29, 0.717) is 12.2 Å². The first-order valence-corrected chi connectivity index (χ1v) is 14.1. The summed E-state index contributed by atoms with van der Waals surface area (Å²) in [6.07, 6.45) is 9.20. The predicted octanol–water partition coefficient (Wildman–Crippen LogP) is 15.0. The Morgan fingerprint density at radius 2 is 0.756 bits per heavy atom. The van der Waals surface area contributed by atoms with Crippen molar-refractivity contribution in [2.75, 3.05) is 55.4 Å². The van der Waals surface area contributed by atoms with Crippen molar-refractivity contribution in [2.45, 2.75) is 201 Å². The largest absolute Gasteiger partial charge is 0.385 e. The van der Waals surface area contributed by atoms with Crippen molar-refractivity contribution in [3.8, 4) is 0 Å². The molecule has 0 saturated carbocycles. The Hall–Kier alpha value is -0.200. The second-order valence-electron chi connectivity index (χ2n) is 9.62. The first kappa shape index (κ1) is 96.8. The van der Waals surface area contributed by atoms with Crippen molar-refractivity contribution in [1.82, 2.24) is 0 Å². The molecule has 5 heteroatoms. The molecule has 0 aromatic carbocycles. The molecule has 0 heterocycles. The Labute approximate surface area is 297 Å². The minimum atomic E-state index is 0. The minimum Gasteiger partial charge on any atom is -0.385 e. The molecule has 5 nitrogen and oxygen atoms in total. The SMILES string of the molecule is C.C.C.C.C.C.C.C.C.C.CCC(C)COC.CCC(C)COC.CCC(CC)OC.CCCC(C)OC.COCCC(C)C. The van der Waals surface area contributed by atoms with Crippen LogP contribution < -0.4 is 0 Å². The summed E-state index contributed by atoms with van der Waals surface area (Å²) in [5.74, 6) is 2.23. The van der Waals surface area contributed by atoms with Crippen LogP contribution in [0.25, 0.3) is 0 Å².